The van der Waals surface area contributed by atoms with E-state index in [0.717, 1.165) is 32.1 Å². The van der Waals surface area contributed by atoms with Crippen LogP contribution in [-0.4, -0.2) is 30.2 Å². The third-order valence-electron chi connectivity index (χ3n) is 9.90. The van der Waals surface area contributed by atoms with Crippen LogP contribution < -0.4 is 0 Å². The van der Waals surface area contributed by atoms with Crippen molar-refractivity contribution in [2.75, 3.05) is 7.11 Å². The topological polar surface area (TPSA) is 46.5 Å². The Kier molecular flexibility index (Phi) is 8.58. The summed E-state index contributed by atoms with van der Waals surface area (Å²) in [5, 5.41) is 10.4. The molecule has 0 heterocycles. The van der Waals surface area contributed by atoms with Crippen LogP contribution in [-0.2, 0) is 29.6 Å². The molecule has 6 radical (unpaired) electrons. The molecule has 6 atom stereocenters. The number of hydrogen-bond acceptors (Lipinski definition) is 3. The first kappa shape index (κ1) is 27.3. The molecule has 5 rings (SSSR count). The van der Waals surface area contributed by atoms with Gasteiger partial charge in [0.15, 0.2) is 5.78 Å². The Hall–Kier alpha value is -0.281. The normalized spacial score (nSPS) is 40.1. The maximum Gasteiger partial charge on any atom is 0.188 e. The van der Waals surface area contributed by atoms with Crippen LogP contribution >= 0.6 is 0 Å². The zero-order valence-corrected chi connectivity index (χ0v) is 23.8. The summed E-state index contributed by atoms with van der Waals surface area (Å²) in [7, 11) is 1.62. The maximum absolute atomic E-state index is 12.0. The monoisotopic (exact) mass is 630 g/mol. The molecule has 33 heavy (non-hydrogen) atoms. The van der Waals surface area contributed by atoms with Gasteiger partial charge in [-0.25, -0.2) is 0 Å². The smallest absolute Gasteiger partial charge is 0.188 e. The van der Waals surface area contributed by atoms with Crippen LogP contribution in [0.15, 0.2) is 23.3 Å². The van der Waals surface area contributed by atoms with E-state index >= 15 is 0 Å². The Labute approximate surface area is 215 Å². The van der Waals surface area contributed by atoms with Crippen molar-refractivity contribution >= 4 is 5.78 Å². The van der Waals surface area contributed by atoms with Crippen LogP contribution in [0.1, 0.15) is 80.1 Å². The predicted molar refractivity (Wildman–Crippen MR) is 129 cm³/mol. The van der Waals surface area contributed by atoms with E-state index in [4.69, 9.17) is 4.74 Å². The molecule has 0 unspecified atom stereocenters. The molecule has 0 aromatic carbocycles. The number of aliphatic hydroxyl groups excluding tert-OH is 1. The van der Waals surface area contributed by atoms with Gasteiger partial charge in [0.05, 0.1) is 6.10 Å². The van der Waals surface area contributed by atoms with Gasteiger partial charge < -0.3 is 9.84 Å². The van der Waals surface area contributed by atoms with E-state index in [1.807, 2.05) is 6.08 Å². The number of aliphatic hydroxyl groups is 1. The maximum atomic E-state index is 12.0. The van der Waals surface area contributed by atoms with Gasteiger partial charge in [-0.1, -0.05) is 41.5 Å². The van der Waals surface area contributed by atoms with Crippen molar-refractivity contribution in [2.24, 2.45) is 23.2 Å². The minimum Gasteiger partial charge on any atom is -0.393 e. The van der Waals surface area contributed by atoms with E-state index < -0.39 is 0 Å². The number of allylic oxidation sites excluding steroid dienone is 2. The van der Waals surface area contributed by atoms with E-state index in [1.165, 1.54) is 47.2 Å². The molecule has 0 bridgehead atoms. The molecule has 4 fully saturated rings. The van der Waals surface area contributed by atoms with E-state index in [-0.39, 0.29) is 43.5 Å². The first-order chi connectivity index (χ1) is 15.1. The van der Waals surface area contributed by atoms with Crippen LogP contribution in [0.4, 0.5) is 0 Å². The summed E-state index contributed by atoms with van der Waals surface area (Å²) in [6.45, 7) is 13.3. The summed E-state index contributed by atoms with van der Waals surface area (Å²) in [5.41, 5.74) is 2.75. The molecule has 1 N–H and O–H groups in total. The zero-order chi connectivity index (χ0) is 23.4. The Morgan fingerprint density at radius 2 is 1.52 bits per heavy atom. The van der Waals surface area contributed by atoms with Crippen molar-refractivity contribution in [3.63, 3.8) is 0 Å². The molecule has 5 aliphatic rings. The Morgan fingerprint density at radius 3 is 2.06 bits per heavy atom. The minimum atomic E-state index is -0.389. The third kappa shape index (κ3) is 4.64. The van der Waals surface area contributed by atoms with Crippen LogP contribution in [0.2, 0.25) is 0 Å². The summed E-state index contributed by atoms with van der Waals surface area (Å²) in [6, 6.07) is 0. The fraction of sp³-hybridized carbons (Fsp3) is 0.655. The second-order valence-corrected chi connectivity index (χ2v) is 11.0. The number of carbonyl (C=O) groups is 1. The van der Waals surface area contributed by atoms with E-state index in [9.17, 15) is 9.90 Å². The summed E-state index contributed by atoms with van der Waals surface area (Å²) >= 11 is 0. The summed E-state index contributed by atoms with van der Waals surface area (Å²) in [4.78, 5) is 12.0. The fourth-order valence-electron chi connectivity index (χ4n) is 7.23. The molecule has 0 spiro atoms. The SMILES string of the molecule is CO[C@H]1C=C2C(=CC1=O)CC[C@@H]1[C@@H]2CC[C@]2(C)[C@@H](O)CC[C@@H]12.C[C]1[C](C)[C](C)[C](C)[C]1C.[Ir]. The van der Waals surface area contributed by atoms with Gasteiger partial charge in [0.1, 0.15) is 6.10 Å². The number of methoxy groups -OCH3 is 1. The Balaban J connectivity index is 0.000000237. The van der Waals surface area contributed by atoms with E-state index in [0.29, 0.717) is 17.8 Å². The van der Waals surface area contributed by atoms with Crippen LogP contribution in [0.3, 0.4) is 0 Å². The van der Waals surface area contributed by atoms with Gasteiger partial charge in [0.25, 0.3) is 0 Å². The number of carbonyl (C=O) groups excluding carboxylic acids is 1. The van der Waals surface area contributed by atoms with Crippen molar-refractivity contribution in [3.8, 4) is 0 Å². The number of rotatable bonds is 1. The van der Waals surface area contributed by atoms with Gasteiger partial charge in [0.2, 0.25) is 0 Å². The van der Waals surface area contributed by atoms with Crippen molar-refractivity contribution < 1.29 is 34.7 Å². The Bertz CT molecular complexity index is 743. The molecular formula is C29H41IrO3. The van der Waals surface area contributed by atoms with Gasteiger partial charge in [-0.3, -0.25) is 4.79 Å². The first-order valence-corrected chi connectivity index (χ1v) is 12.5. The molecule has 0 aliphatic heterocycles. The standard InChI is InChI=1S/C19H26O3.C10H15.Ir/c1-19-8-7-12-13(15(19)5-6-18(19)21)4-3-11-9-16(20)17(22-2)10-14(11)12;1-6-7(2)9(4)10(5)8(6)3;/h9-10,12-13,15,17-18,21H,3-8H2,1-2H3;1-5H3;/t12-,13+,15-,17-,18-,19-;;/m0../s1. The molecule has 5 aliphatic carbocycles. The average molecular weight is 630 g/mol. The van der Waals surface area contributed by atoms with Crippen molar-refractivity contribution in [1.29, 1.82) is 0 Å². The Morgan fingerprint density at radius 1 is 0.939 bits per heavy atom. The average Bonchev–Trinajstić information content (AvgIpc) is 3.18. The predicted octanol–water partition coefficient (Wildman–Crippen LogP) is 6.00. The molecule has 0 aromatic rings. The summed E-state index contributed by atoms with van der Waals surface area (Å²) in [5.74, 6) is 9.31. The van der Waals surface area contributed by atoms with E-state index in [1.54, 1.807) is 7.11 Å². The molecule has 4 heteroatoms. The summed E-state index contributed by atoms with van der Waals surface area (Å²) < 4.78 is 5.35. The van der Waals surface area contributed by atoms with Gasteiger partial charge in [-0.2, -0.15) is 0 Å². The van der Waals surface area contributed by atoms with Gasteiger partial charge in [0, 0.05) is 27.2 Å². The largest absolute Gasteiger partial charge is 0.393 e. The molecule has 0 aromatic heterocycles. The van der Waals surface area contributed by atoms with Crippen LogP contribution in [0, 0.1) is 52.8 Å². The number of hydrogen-bond donors (Lipinski definition) is 1. The van der Waals surface area contributed by atoms with Gasteiger partial charge in [-0.05, 0) is 115 Å². The number of ether oxygens (including phenoxy) is 1. The molecule has 184 valence electrons. The second-order valence-electron chi connectivity index (χ2n) is 11.0. The third-order valence-corrected chi connectivity index (χ3v) is 9.90. The number of ketones is 1. The molecule has 4 saturated carbocycles. The molecular weight excluding hydrogens is 589 g/mol. The fourth-order valence-corrected chi connectivity index (χ4v) is 7.23. The van der Waals surface area contributed by atoms with Crippen molar-refractivity contribution in [2.45, 2.75) is 92.3 Å². The van der Waals surface area contributed by atoms with E-state index in [2.05, 4.69) is 47.6 Å². The zero-order valence-electron chi connectivity index (χ0n) is 21.4. The van der Waals surface area contributed by atoms with Crippen molar-refractivity contribution in [3.05, 3.63) is 52.9 Å². The number of fused-ring (bicyclic) bond motifs is 5. The quantitative estimate of drug-likeness (QED) is 0.387. The van der Waals surface area contributed by atoms with Gasteiger partial charge >= 0.3 is 0 Å². The van der Waals surface area contributed by atoms with Crippen LogP contribution in [0.25, 0.3) is 0 Å². The van der Waals surface area contributed by atoms with Gasteiger partial charge in [-0.15, -0.1) is 0 Å². The molecule has 0 saturated heterocycles. The first-order valence-electron chi connectivity index (χ1n) is 12.5. The van der Waals surface area contributed by atoms with Crippen LogP contribution in [0.5, 0.6) is 0 Å². The minimum absolute atomic E-state index is 0. The molecule has 3 nitrogen and oxygen atoms in total. The second kappa shape index (κ2) is 10.4. The molecule has 0 amide bonds. The van der Waals surface area contributed by atoms with Crippen molar-refractivity contribution in [1.82, 2.24) is 0 Å². The summed E-state index contributed by atoms with van der Waals surface area (Å²) in [6.07, 6.45) is 9.97.